The second-order valence-electron chi connectivity index (χ2n) is 5.31. The van der Waals surface area contributed by atoms with Gasteiger partial charge in [0.25, 0.3) is 0 Å². The average molecular weight is 287 g/mol. The van der Waals surface area contributed by atoms with Gasteiger partial charge >= 0.3 is 0 Å². The van der Waals surface area contributed by atoms with Crippen molar-refractivity contribution in [3.63, 3.8) is 0 Å². The highest BCUT2D eigenvalue weighted by molar-refractivity contribution is 5.27. The number of nitrogens with one attached hydrogen (secondary N) is 1. The van der Waals surface area contributed by atoms with E-state index in [1.165, 1.54) is 5.56 Å². The summed E-state index contributed by atoms with van der Waals surface area (Å²) in [7, 11) is 0. The van der Waals surface area contributed by atoms with E-state index < -0.39 is 0 Å². The maximum atomic E-state index is 5.77. The van der Waals surface area contributed by atoms with E-state index in [1.54, 1.807) is 0 Å². The Hall–Kier alpha value is -1.81. The molecule has 0 fully saturated rings. The lowest BCUT2D eigenvalue weighted by Gasteiger charge is -2.13. The highest BCUT2D eigenvalue weighted by Crippen LogP contribution is 2.14. The molecule has 0 aliphatic heterocycles. The van der Waals surface area contributed by atoms with Crippen molar-refractivity contribution >= 4 is 0 Å². The Morgan fingerprint density at radius 1 is 1.29 bits per heavy atom. The molecule has 1 aromatic carbocycles. The minimum absolute atomic E-state index is 0.275. The monoisotopic (exact) mass is 287 g/mol. The first kappa shape index (κ1) is 15.6. The molecule has 1 N–H and O–H groups in total. The maximum Gasteiger partial charge on any atom is 0.119 e. The van der Waals surface area contributed by atoms with Gasteiger partial charge in [0.15, 0.2) is 0 Å². The normalized spacial score (nSPS) is 12.3. The third-order valence-corrected chi connectivity index (χ3v) is 3.49. The van der Waals surface area contributed by atoms with Crippen LogP contribution in [0, 0.1) is 0 Å². The maximum absolute atomic E-state index is 5.77. The van der Waals surface area contributed by atoms with Crippen molar-refractivity contribution in [3.05, 3.63) is 48.5 Å². The molecule has 0 spiro atoms. The fraction of sp³-hybridized carbons (Fsp3) is 0.471. The first-order chi connectivity index (χ1) is 10.3. The minimum atomic E-state index is 0.275. The Kier molecular flexibility index (Phi) is 6.28. The van der Waals surface area contributed by atoms with Gasteiger partial charge in [0.05, 0.1) is 12.4 Å². The van der Waals surface area contributed by atoms with Gasteiger partial charge in [0.2, 0.25) is 0 Å². The van der Waals surface area contributed by atoms with Crippen molar-refractivity contribution in [3.8, 4) is 5.75 Å². The molecule has 0 aliphatic rings. The predicted octanol–water partition coefficient (Wildman–Crippen LogP) is 3.24. The minimum Gasteiger partial charge on any atom is -0.491 e. The van der Waals surface area contributed by atoms with E-state index in [-0.39, 0.29) is 6.10 Å². The van der Waals surface area contributed by atoms with Crippen LogP contribution in [0.2, 0.25) is 0 Å². The summed E-state index contributed by atoms with van der Waals surface area (Å²) in [6.45, 7) is 7.13. The van der Waals surface area contributed by atoms with Gasteiger partial charge in [0, 0.05) is 25.5 Å². The van der Waals surface area contributed by atoms with E-state index in [9.17, 15) is 0 Å². The number of rotatable bonds is 9. The quantitative estimate of drug-likeness (QED) is 0.720. The van der Waals surface area contributed by atoms with Crippen LogP contribution in [0.3, 0.4) is 0 Å². The van der Waals surface area contributed by atoms with E-state index in [0.29, 0.717) is 0 Å². The number of aryl methyl sites for hydroxylation is 1. The zero-order chi connectivity index (χ0) is 14.9. The molecular formula is C17H25N3O. The Morgan fingerprint density at radius 3 is 2.76 bits per heavy atom. The van der Waals surface area contributed by atoms with E-state index in [4.69, 9.17) is 4.74 Å². The summed E-state index contributed by atoms with van der Waals surface area (Å²) in [6, 6.07) is 8.35. The highest BCUT2D eigenvalue weighted by Gasteiger charge is 2.01. The smallest absolute Gasteiger partial charge is 0.119 e. The number of nitrogens with zero attached hydrogens (tertiary/aromatic N) is 2. The lowest BCUT2D eigenvalue weighted by molar-refractivity contribution is 0.217. The first-order valence-electron chi connectivity index (χ1n) is 7.70. The summed E-state index contributed by atoms with van der Waals surface area (Å²) in [4.78, 5) is 4.03. The second kappa shape index (κ2) is 8.47. The molecule has 2 rings (SSSR count). The molecule has 1 unspecified atom stereocenters. The van der Waals surface area contributed by atoms with Crippen LogP contribution >= 0.6 is 0 Å². The summed E-state index contributed by atoms with van der Waals surface area (Å²) >= 11 is 0. The van der Waals surface area contributed by atoms with Crippen LogP contribution in [0.25, 0.3) is 0 Å². The van der Waals surface area contributed by atoms with Crippen LogP contribution < -0.4 is 10.1 Å². The van der Waals surface area contributed by atoms with Crippen molar-refractivity contribution in [2.75, 3.05) is 6.54 Å². The number of imidazole rings is 1. The van der Waals surface area contributed by atoms with Gasteiger partial charge < -0.3 is 14.6 Å². The zero-order valence-electron chi connectivity index (χ0n) is 13.0. The Morgan fingerprint density at radius 2 is 2.10 bits per heavy atom. The van der Waals surface area contributed by atoms with Crippen LogP contribution in [-0.4, -0.2) is 22.2 Å². The molecule has 2 aromatic rings. The van der Waals surface area contributed by atoms with Crippen LogP contribution in [0.5, 0.6) is 5.75 Å². The number of benzene rings is 1. The Balaban J connectivity index is 1.64. The highest BCUT2D eigenvalue weighted by atomic mass is 16.5. The first-order valence-corrected chi connectivity index (χ1v) is 7.70. The van der Waals surface area contributed by atoms with Gasteiger partial charge in [-0.25, -0.2) is 4.98 Å². The molecule has 0 saturated heterocycles. The number of ether oxygens (including phenoxy) is 1. The van der Waals surface area contributed by atoms with Gasteiger partial charge in [-0.15, -0.1) is 0 Å². The third-order valence-electron chi connectivity index (χ3n) is 3.49. The Labute approximate surface area is 127 Å². The standard InChI is InChI=1S/C17H25N3O/c1-3-15(2)21-17-7-5-16(6-8-17)13-18-9-4-11-20-12-10-19-14-20/h5-8,10,12,14-15,18H,3-4,9,11,13H2,1-2H3. The molecule has 0 radical (unpaired) electrons. The van der Waals surface area contributed by atoms with Crippen molar-refractivity contribution in [1.29, 1.82) is 0 Å². The summed E-state index contributed by atoms with van der Waals surface area (Å²) in [5, 5.41) is 3.46. The van der Waals surface area contributed by atoms with E-state index in [2.05, 4.69) is 53.0 Å². The molecule has 1 aromatic heterocycles. The van der Waals surface area contributed by atoms with E-state index >= 15 is 0 Å². The van der Waals surface area contributed by atoms with Crippen molar-refractivity contribution < 1.29 is 4.74 Å². The van der Waals surface area contributed by atoms with Crippen molar-refractivity contribution in [2.24, 2.45) is 0 Å². The summed E-state index contributed by atoms with van der Waals surface area (Å²) in [5.74, 6) is 0.952. The van der Waals surface area contributed by atoms with Gasteiger partial charge in [0.1, 0.15) is 5.75 Å². The molecule has 4 nitrogen and oxygen atoms in total. The predicted molar refractivity (Wildman–Crippen MR) is 85.4 cm³/mol. The van der Waals surface area contributed by atoms with Gasteiger partial charge in [-0.3, -0.25) is 0 Å². The molecule has 4 heteroatoms. The molecule has 0 saturated carbocycles. The topological polar surface area (TPSA) is 39.1 Å². The van der Waals surface area contributed by atoms with Crippen LogP contribution in [0.15, 0.2) is 43.0 Å². The molecule has 1 heterocycles. The van der Waals surface area contributed by atoms with Crippen LogP contribution in [0.4, 0.5) is 0 Å². The molecule has 0 amide bonds. The molecule has 1 atom stereocenters. The summed E-state index contributed by atoms with van der Waals surface area (Å²) < 4.78 is 7.87. The van der Waals surface area contributed by atoms with Crippen LogP contribution in [0.1, 0.15) is 32.3 Å². The lowest BCUT2D eigenvalue weighted by atomic mass is 10.2. The fourth-order valence-electron chi connectivity index (χ4n) is 2.04. The summed E-state index contributed by atoms with van der Waals surface area (Å²) in [6.07, 6.45) is 8.08. The fourth-order valence-corrected chi connectivity index (χ4v) is 2.04. The molecule has 114 valence electrons. The lowest BCUT2D eigenvalue weighted by Crippen LogP contribution is -2.16. The van der Waals surface area contributed by atoms with Gasteiger partial charge in [-0.05, 0) is 44.0 Å². The SMILES string of the molecule is CCC(C)Oc1ccc(CNCCCn2ccnc2)cc1. The average Bonchev–Trinajstić information content (AvgIpc) is 3.02. The largest absolute Gasteiger partial charge is 0.491 e. The molecule has 0 aliphatic carbocycles. The third kappa shape index (κ3) is 5.60. The summed E-state index contributed by atoms with van der Waals surface area (Å²) in [5.41, 5.74) is 1.29. The van der Waals surface area contributed by atoms with E-state index in [1.807, 2.05) is 18.7 Å². The number of hydrogen-bond acceptors (Lipinski definition) is 3. The van der Waals surface area contributed by atoms with Crippen LogP contribution in [-0.2, 0) is 13.1 Å². The van der Waals surface area contributed by atoms with Gasteiger partial charge in [-0.2, -0.15) is 0 Å². The second-order valence-corrected chi connectivity index (χ2v) is 5.31. The number of hydrogen-bond donors (Lipinski definition) is 1. The molecule has 21 heavy (non-hydrogen) atoms. The van der Waals surface area contributed by atoms with Crippen molar-refractivity contribution in [2.45, 2.75) is 45.9 Å². The Bertz CT molecular complexity index is 493. The molecular weight excluding hydrogens is 262 g/mol. The molecule has 0 bridgehead atoms. The number of aromatic nitrogens is 2. The van der Waals surface area contributed by atoms with E-state index in [0.717, 1.165) is 38.2 Å². The zero-order valence-corrected chi connectivity index (χ0v) is 13.0. The van der Waals surface area contributed by atoms with Gasteiger partial charge in [-0.1, -0.05) is 19.1 Å². The van der Waals surface area contributed by atoms with Crippen molar-refractivity contribution in [1.82, 2.24) is 14.9 Å².